The van der Waals surface area contributed by atoms with Gasteiger partial charge in [-0.2, -0.15) is 0 Å². The molecular formula is C19H15FN2O3S. The number of rotatable bonds is 4. The largest absolute Gasteiger partial charge is 0.468 e. The lowest BCUT2D eigenvalue weighted by atomic mass is 10.2. The number of nitrogens with zero attached hydrogens (tertiary/aromatic N) is 2. The minimum absolute atomic E-state index is 0.181. The van der Waals surface area contributed by atoms with Gasteiger partial charge in [-0.15, -0.1) is 0 Å². The topological polar surface area (TPSA) is 49.9 Å². The van der Waals surface area contributed by atoms with Gasteiger partial charge in [-0.3, -0.25) is 14.5 Å². The van der Waals surface area contributed by atoms with Gasteiger partial charge in [0.25, 0.3) is 5.91 Å². The third-order valence-corrected chi connectivity index (χ3v) is 4.24. The van der Waals surface area contributed by atoms with Gasteiger partial charge in [-0.05, 0) is 48.1 Å². The maximum atomic E-state index is 13.1. The van der Waals surface area contributed by atoms with Crippen molar-refractivity contribution in [3.8, 4) is 0 Å². The molecule has 0 spiro atoms. The van der Waals surface area contributed by atoms with Crippen molar-refractivity contribution in [3.63, 3.8) is 0 Å². The van der Waals surface area contributed by atoms with Gasteiger partial charge in [-0.1, -0.05) is 30.3 Å². The minimum atomic E-state index is -0.528. The first-order chi connectivity index (χ1) is 12.5. The molecule has 0 unspecified atom stereocenters. The van der Waals surface area contributed by atoms with Crippen LogP contribution in [0.2, 0.25) is 0 Å². The van der Waals surface area contributed by atoms with E-state index in [4.69, 9.17) is 17.0 Å². The van der Waals surface area contributed by atoms with Gasteiger partial charge in [0.1, 0.15) is 18.1 Å². The number of amides is 1. The van der Waals surface area contributed by atoms with Gasteiger partial charge >= 0.3 is 5.97 Å². The van der Waals surface area contributed by atoms with Crippen LogP contribution < -0.4 is 4.90 Å². The van der Waals surface area contributed by atoms with Crippen molar-refractivity contribution in [2.45, 2.75) is 0 Å². The van der Waals surface area contributed by atoms with Gasteiger partial charge in [0, 0.05) is 0 Å². The average molecular weight is 370 g/mol. The highest BCUT2D eigenvalue weighted by atomic mass is 32.1. The second kappa shape index (κ2) is 7.45. The number of carbonyl (C=O) groups is 2. The number of ether oxygens (including phenoxy) is 1. The van der Waals surface area contributed by atoms with Crippen LogP contribution in [0.5, 0.6) is 0 Å². The zero-order valence-corrected chi connectivity index (χ0v) is 14.7. The number of hydrogen-bond donors (Lipinski definition) is 0. The van der Waals surface area contributed by atoms with Crippen molar-refractivity contribution >= 4 is 41.0 Å². The van der Waals surface area contributed by atoms with Crippen molar-refractivity contribution in [1.82, 2.24) is 4.90 Å². The Kier molecular flexibility index (Phi) is 5.09. The summed E-state index contributed by atoms with van der Waals surface area (Å²) >= 11 is 5.42. The van der Waals surface area contributed by atoms with Crippen molar-refractivity contribution in [1.29, 1.82) is 0 Å². The summed E-state index contributed by atoms with van der Waals surface area (Å²) in [6.07, 6.45) is 1.57. The molecule has 0 N–H and O–H groups in total. The second-order valence-corrected chi connectivity index (χ2v) is 5.87. The quantitative estimate of drug-likeness (QED) is 0.471. The van der Waals surface area contributed by atoms with Crippen LogP contribution in [0.25, 0.3) is 6.08 Å². The molecule has 2 aromatic carbocycles. The number of thiocarbonyl (C=S) groups is 1. The van der Waals surface area contributed by atoms with Crippen LogP contribution >= 0.6 is 12.2 Å². The number of anilines is 1. The molecule has 7 heteroatoms. The van der Waals surface area contributed by atoms with Crippen molar-refractivity contribution in [2.75, 3.05) is 18.6 Å². The predicted octanol–water partition coefficient (Wildman–Crippen LogP) is 2.97. The second-order valence-electron chi connectivity index (χ2n) is 5.50. The summed E-state index contributed by atoms with van der Waals surface area (Å²) in [7, 11) is 1.27. The SMILES string of the molecule is COC(=O)CN1C(=S)N(c2ccccc2)C(=O)/C1=C/c1ccc(F)cc1. The molecule has 26 heavy (non-hydrogen) atoms. The molecule has 0 radical (unpaired) electrons. The number of carbonyl (C=O) groups excluding carboxylic acids is 2. The Hall–Kier alpha value is -3.06. The first-order valence-corrected chi connectivity index (χ1v) is 8.17. The molecule has 5 nitrogen and oxygen atoms in total. The van der Waals surface area contributed by atoms with Crippen LogP contribution in [0.4, 0.5) is 10.1 Å². The van der Waals surface area contributed by atoms with E-state index >= 15 is 0 Å². The minimum Gasteiger partial charge on any atom is -0.468 e. The number of benzene rings is 2. The smallest absolute Gasteiger partial charge is 0.325 e. The number of esters is 1. The Morgan fingerprint density at radius 3 is 2.42 bits per heavy atom. The number of hydrogen-bond acceptors (Lipinski definition) is 4. The fourth-order valence-corrected chi connectivity index (χ4v) is 2.90. The molecule has 3 rings (SSSR count). The molecule has 0 atom stereocenters. The molecule has 1 aliphatic rings. The van der Waals surface area contributed by atoms with Gasteiger partial charge < -0.3 is 9.64 Å². The summed E-state index contributed by atoms with van der Waals surface area (Å²) in [6.45, 7) is -0.197. The monoisotopic (exact) mass is 370 g/mol. The Morgan fingerprint density at radius 1 is 1.15 bits per heavy atom. The summed E-state index contributed by atoms with van der Waals surface area (Å²) in [5.74, 6) is -1.27. The summed E-state index contributed by atoms with van der Waals surface area (Å²) in [5.41, 5.74) is 1.43. The van der Waals surface area contributed by atoms with Crippen LogP contribution in [0.3, 0.4) is 0 Å². The van der Waals surface area contributed by atoms with Crippen LogP contribution in [-0.2, 0) is 14.3 Å². The Balaban J connectivity index is 2.03. The molecule has 0 saturated carbocycles. The lowest BCUT2D eigenvalue weighted by molar-refractivity contribution is -0.140. The fraction of sp³-hybridized carbons (Fsp3) is 0.105. The number of para-hydroxylation sites is 1. The van der Waals surface area contributed by atoms with Gasteiger partial charge in [0.2, 0.25) is 0 Å². The molecule has 0 aliphatic carbocycles. The summed E-state index contributed by atoms with van der Waals surface area (Å²) in [4.78, 5) is 27.5. The summed E-state index contributed by atoms with van der Waals surface area (Å²) in [5, 5.41) is 0.181. The van der Waals surface area contributed by atoms with E-state index in [-0.39, 0.29) is 29.1 Å². The molecule has 0 aromatic heterocycles. The number of halogens is 1. The highest BCUT2D eigenvalue weighted by Crippen LogP contribution is 2.28. The van der Waals surface area contributed by atoms with E-state index in [0.29, 0.717) is 11.3 Å². The molecule has 2 aromatic rings. The van der Waals surface area contributed by atoms with Crippen molar-refractivity contribution < 1.29 is 18.7 Å². The van der Waals surface area contributed by atoms with E-state index in [2.05, 4.69) is 0 Å². The van der Waals surface area contributed by atoms with E-state index in [0.717, 1.165) is 0 Å². The van der Waals surface area contributed by atoms with Crippen LogP contribution in [0.15, 0.2) is 60.3 Å². The Morgan fingerprint density at radius 2 is 1.81 bits per heavy atom. The van der Waals surface area contributed by atoms with Gasteiger partial charge in [0.05, 0.1) is 12.8 Å². The summed E-state index contributed by atoms with van der Waals surface area (Å²) in [6, 6.07) is 14.6. The molecule has 132 valence electrons. The lowest BCUT2D eigenvalue weighted by Gasteiger charge is -2.19. The first kappa shape index (κ1) is 17.8. The average Bonchev–Trinajstić information content (AvgIpc) is 2.88. The van der Waals surface area contributed by atoms with Gasteiger partial charge in [0.15, 0.2) is 5.11 Å². The predicted molar refractivity (Wildman–Crippen MR) is 99.6 cm³/mol. The summed E-state index contributed by atoms with van der Waals surface area (Å²) < 4.78 is 17.8. The molecule has 1 heterocycles. The van der Waals surface area contributed by atoms with E-state index in [1.807, 2.05) is 6.07 Å². The Labute approximate surface area is 155 Å². The molecule has 1 saturated heterocycles. The van der Waals surface area contributed by atoms with Crippen LogP contribution in [0, 0.1) is 5.82 Å². The molecule has 1 aliphatic heterocycles. The Bertz CT molecular complexity index is 881. The van der Waals surface area contributed by atoms with Crippen LogP contribution in [-0.4, -0.2) is 35.5 Å². The zero-order valence-electron chi connectivity index (χ0n) is 13.9. The first-order valence-electron chi connectivity index (χ1n) is 7.76. The normalized spacial score (nSPS) is 15.7. The maximum absolute atomic E-state index is 13.1. The highest BCUT2D eigenvalue weighted by Gasteiger charge is 2.39. The molecular weight excluding hydrogens is 355 g/mol. The lowest BCUT2D eigenvalue weighted by Crippen LogP contribution is -2.35. The number of methoxy groups -OCH3 is 1. The standard InChI is InChI=1S/C19H15FN2O3S/c1-25-17(23)12-21-16(11-13-7-9-14(20)10-8-13)18(24)22(19(21)26)15-5-3-2-4-6-15/h2-11H,12H2,1H3/b16-11-. The zero-order chi connectivity index (χ0) is 18.7. The van der Waals surface area contributed by atoms with Gasteiger partial charge in [-0.25, -0.2) is 4.39 Å². The molecule has 0 bridgehead atoms. The van der Waals surface area contributed by atoms with E-state index in [1.165, 1.54) is 29.0 Å². The van der Waals surface area contributed by atoms with E-state index < -0.39 is 5.97 Å². The fourth-order valence-electron chi connectivity index (χ4n) is 2.55. The van der Waals surface area contributed by atoms with E-state index in [9.17, 15) is 14.0 Å². The van der Waals surface area contributed by atoms with Crippen molar-refractivity contribution in [2.24, 2.45) is 0 Å². The maximum Gasteiger partial charge on any atom is 0.325 e. The van der Waals surface area contributed by atoms with Crippen LogP contribution in [0.1, 0.15) is 5.56 Å². The molecule has 1 amide bonds. The highest BCUT2D eigenvalue weighted by molar-refractivity contribution is 7.80. The third kappa shape index (κ3) is 3.48. The molecule has 1 fully saturated rings. The third-order valence-electron chi connectivity index (χ3n) is 3.84. The van der Waals surface area contributed by atoms with E-state index in [1.54, 1.807) is 42.5 Å². The van der Waals surface area contributed by atoms with Crippen molar-refractivity contribution in [3.05, 3.63) is 71.7 Å².